The maximum atomic E-state index is 15.5. The first-order chi connectivity index (χ1) is 16.1. The molecular formula is C24H27FN4O5. The number of ether oxygens (including phenoxy) is 3. The fourth-order valence-corrected chi connectivity index (χ4v) is 3.92. The summed E-state index contributed by atoms with van der Waals surface area (Å²) in [6.07, 6.45) is -0.629. The van der Waals surface area contributed by atoms with Crippen LogP contribution in [-0.4, -0.2) is 52.2 Å². The highest BCUT2D eigenvalue weighted by atomic mass is 19.1. The first-order valence-electron chi connectivity index (χ1n) is 11.0. The molecule has 0 fully saturated rings. The second-order valence-electron chi connectivity index (χ2n) is 8.88. The van der Waals surface area contributed by atoms with E-state index >= 15 is 4.39 Å². The van der Waals surface area contributed by atoms with E-state index in [0.29, 0.717) is 47.8 Å². The Morgan fingerprint density at radius 2 is 2.12 bits per heavy atom. The van der Waals surface area contributed by atoms with Crippen molar-refractivity contribution in [1.82, 2.24) is 14.6 Å². The Bertz CT molecular complexity index is 1260. The number of nitrogens with one attached hydrogen (secondary N) is 1. The lowest BCUT2D eigenvalue weighted by Crippen LogP contribution is -2.30. The lowest BCUT2D eigenvalue weighted by Gasteiger charge is -2.29. The molecule has 0 saturated heterocycles. The summed E-state index contributed by atoms with van der Waals surface area (Å²) in [7, 11) is 0. The summed E-state index contributed by atoms with van der Waals surface area (Å²) in [5, 5.41) is 7.50. The molecule has 9 nitrogen and oxygen atoms in total. The summed E-state index contributed by atoms with van der Waals surface area (Å²) in [5.74, 6) is -0.833. The summed E-state index contributed by atoms with van der Waals surface area (Å²) in [5.41, 5.74) is 1.43. The van der Waals surface area contributed by atoms with Gasteiger partial charge >= 0.3 is 5.97 Å². The van der Waals surface area contributed by atoms with E-state index in [1.807, 2.05) is 0 Å². The number of anilines is 1. The SMILES string of the molecule is CCOC(=O)[C@@H](OC(C)(C)C)c1c(C)nc2cc(C=O)nn2c1-c1cc2c(cc1F)OCCN2. The number of rotatable bonds is 6. The molecule has 1 aromatic carbocycles. The van der Waals surface area contributed by atoms with Crippen molar-refractivity contribution in [1.29, 1.82) is 0 Å². The molecule has 0 spiro atoms. The number of benzene rings is 1. The fourth-order valence-electron chi connectivity index (χ4n) is 3.92. The van der Waals surface area contributed by atoms with Gasteiger partial charge in [0.1, 0.15) is 23.9 Å². The number of aromatic nitrogens is 3. The Balaban J connectivity index is 2.06. The molecule has 180 valence electrons. The average molecular weight is 471 g/mol. The van der Waals surface area contributed by atoms with Gasteiger partial charge in [0.15, 0.2) is 18.0 Å². The molecule has 1 aliphatic rings. The van der Waals surface area contributed by atoms with Gasteiger partial charge in [0.25, 0.3) is 0 Å². The molecule has 0 unspecified atom stereocenters. The third-order valence-electron chi connectivity index (χ3n) is 5.20. The van der Waals surface area contributed by atoms with Gasteiger partial charge in [-0.3, -0.25) is 4.79 Å². The summed E-state index contributed by atoms with van der Waals surface area (Å²) in [6, 6.07) is 4.38. The van der Waals surface area contributed by atoms with Crippen molar-refractivity contribution in [2.45, 2.75) is 46.3 Å². The van der Waals surface area contributed by atoms with E-state index in [1.54, 1.807) is 40.7 Å². The molecule has 1 aliphatic heterocycles. The van der Waals surface area contributed by atoms with Gasteiger partial charge < -0.3 is 19.5 Å². The highest BCUT2D eigenvalue weighted by Gasteiger charge is 2.35. The van der Waals surface area contributed by atoms with Crippen LogP contribution in [0.3, 0.4) is 0 Å². The second-order valence-corrected chi connectivity index (χ2v) is 8.88. The smallest absolute Gasteiger partial charge is 0.340 e. The molecule has 0 bridgehead atoms. The van der Waals surface area contributed by atoms with Gasteiger partial charge in [0, 0.05) is 35.5 Å². The number of hydrogen-bond donors (Lipinski definition) is 1. The van der Waals surface area contributed by atoms with E-state index < -0.39 is 23.5 Å². The lowest BCUT2D eigenvalue weighted by molar-refractivity contribution is -0.166. The predicted octanol–water partition coefficient (Wildman–Crippen LogP) is 3.88. The van der Waals surface area contributed by atoms with Crippen molar-refractivity contribution < 1.29 is 28.2 Å². The van der Waals surface area contributed by atoms with Crippen LogP contribution in [0, 0.1) is 12.7 Å². The molecule has 0 saturated carbocycles. The Kier molecular flexibility index (Phi) is 6.26. The monoisotopic (exact) mass is 470 g/mol. The van der Waals surface area contributed by atoms with E-state index in [0.717, 1.165) is 0 Å². The zero-order chi connectivity index (χ0) is 24.6. The summed E-state index contributed by atoms with van der Waals surface area (Å²) >= 11 is 0. The summed E-state index contributed by atoms with van der Waals surface area (Å²) in [4.78, 5) is 29.1. The lowest BCUT2D eigenvalue weighted by atomic mass is 9.97. The summed E-state index contributed by atoms with van der Waals surface area (Å²) < 4.78 is 33.9. The van der Waals surface area contributed by atoms with E-state index in [-0.39, 0.29) is 23.6 Å². The zero-order valence-corrected chi connectivity index (χ0v) is 19.8. The van der Waals surface area contributed by atoms with Crippen LogP contribution in [0.2, 0.25) is 0 Å². The third-order valence-corrected chi connectivity index (χ3v) is 5.20. The molecule has 0 amide bonds. The average Bonchev–Trinajstić information content (AvgIpc) is 3.18. The van der Waals surface area contributed by atoms with Crippen molar-refractivity contribution in [3.05, 3.63) is 41.0 Å². The van der Waals surface area contributed by atoms with Crippen molar-refractivity contribution in [3.8, 4) is 17.0 Å². The predicted molar refractivity (Wildman–Crippen MR) is 123 cm³/mol. The van der Waals surface area contributed by atoms with Crippen LogP contribution >= 0.6 is 0 Å². The molecule has 0 aliphatic carbocycles. The number of aldehydes is 1. The minimum atomic E-state index is -1.21. The Labute approximate surface area is 196 Å². The van der Waals surface area contributed by atoms with Crippen LogP contribution in [0.4, 0.5) is 10.1 Å². The maximum Gasteiger partial charge on any atom is 0.340 e. The molecule has 1 N–H and O–H groups in total. The normalized spacial score (nSPS) is 14.2. The van der Waals surface area contributed by atoms with E-state index in [4.69, 9.17) is 14.2 Å². The topological polar surface area (TPSA) is 104 Å². The van der Waals surface area contributed by atoms with Crippen LogP contribution in [0.1, 0.15) is 55.5 Å². The molecule has 3 heterocycles. The Morgan fingerprint density at radius 3 is 2.79 bits per heavy atom. The molecule has 0 radical (unpaired) electrons. The first kappa shape index (κ1) is 23.6. The van der Waals surface area contributed by atoms with E-state index in [1.165, 1.54) is 16.6 Å². The van der Waals surface area contributed by atoms with Gasteiger partial charge in [0.05, 0.1) is 23.6 Å². The number of aryl methyl sites for hydroxylation is 1. The number of nitrogens with zero attached hydrogens (tertiary/aromatic N) is 3. The first-order valence-corrected chi connectivity index (χ1v) is 11.0. The molecule has 3 aromatic rings. The number of hydrogen-bond acceptors (Lipinski definition) is 8. The van der Waals surface area contributed by atoms with Gasteiger partial charge in [-0.15, -0.1) is 0 Å². The highest BCUT2D eigenvalue weighted by molar-refractivity contribution is 5.84. The molecule has 1 atom stereocenters. The number of fused-ring (bicyclic) bond motifs is 2. The van der Waals surface area contributed by atoms with Crippen LogP contribution in [-0.2, 0) is 14.3 Å². The van der Waals surface area contributed by atoms with Crippen LogP contribution < -0.4 is 10.1 Å². The fraction of sp³-hybridized carbons (Fsp3) is 0.417. The molecule has 2 aromatic heterocycles. The van der Waals surface area contributed by atoms with Crippen LogP contribution in [0.25, 0.3) is 16.9 Å². The van der Waals surface area contributed by atoms with Gasteiger partial charge in [0.2, 0.25) is 0 Å². The number of halogens is 1. The largest absolute Gasteiger partial charge is 0.489 e. The number of esters is 1. The quantitative estimate of drug-likeness (QED) is 0.428. The molecule has 34 heavy (non-hydrogen) atoms. The zero-order valence-electron chi connectivity index (χ0n) is 19.8. The Morgan fingerprint density at radius 1 is 1.35 bits per heavy atom. The molecule has 10 heteroatoms. The number of carbonyl (C=O) groups excluding carboxylic acids is 2. The minimum Gasteiger partial charge on any atom is -0.489 e. The van der Waals surface area contributed by atoms with E-state index in [2.05, 4.69) is 15.4 Å². The van der Waals surface area contributed by atoms with Gasteiger partial charge in [-0.25, -0.2) is 18.7 Å². The molecule has 4 rings (SSSR count). The maximum absolute atomic E-state index is 15.5. The van der Waals surface area contributed by atoms with Gasteiger partial charge in [-0.1, -0.05) is 0 Å². The van der Waals surface area contributed by atoms with Gasteiger partial charge in [-0.2, -0.15) is 5.10 Å². The van der Waals surface area contributed by atoms with Crippen LogP contribution in [0.5, 0.6) is 5.75 Å². The van der Waals surface area contributed by atoms with Crippen LogP contribution in [0.15, 0.2) is 18.2 Å². The van der Waals surface area contributed by atoms with E-state index in [9.17, 15) is 9.59 Å². The summed E-state index contributed by atoms with van der Waals surface area (Å²) in [6.45, 7) is 9.92. The highest BCUT2D eigenvalue weighted by Crippen LogP contribution is 2.40. The van der Waals surface area contributed by atoms with Gasteiger partial charge in [-0.05, 0) is 40.7 Å². The third kappa shape index (κ3) is 4.45. The van der Waals surface area contributed by atoms with Crippen molar-refractivity contribution >= 4 is 23.6 Å². The Hall–Kier alpha value is -3.53. The van der Waals surface area contributed by atoms with Crippen molar-refractivity contribution in [2.24, 2.45) is 0 Å². The molecular weight excluding hydrogens is 443 g/mol. The number of carbonyl (C=O) groups is 2. The minimum absolute atomic E-state index is 0.120. The standard InChI is InChI=1S/C24H27FN4O5/c1-6-32-23(31)22(34-24(3,4)5)20-13(2)27-19-9-14(12-30)28-29(19)21(20)15-10-17-18(11-16(15)25)33-8-7-26-17/h9-12,22,26H,6-8H2,1-5H3/t22-/m0/s1. The van der Waals surface area contributed by atoms with Crippen molar-refractivity contribution in [3.63, 3.8) is 0 Å². The van der Waals surface area contributed by atoms with Crippen molar-refractivity contribution in [2.75, 3.05) is 25.1 Å². The second kappa shape index (κ2) is 9.02.